The largest absolute Gasteiger partial charge is 0.302 e. The Balaban J connectivity index is 1.78. The van der Waals surface area contributed by atoms with Gasteiger partial charge in [-0.05, 0) is 17.9 Å². The molecule has 2 heterocycles. The first kappa shape index (κ1) is 10.8. The number of Topliss-reactive ketones (excluding diaryl/α,β-unsaturated/α-hetero) is 1. The molecule has 1 aliphatic rings. The molecule has 0 spiro atoms. The molecule has 2 nitrogen and oxygen atoms in total. The van der Waals surface area contributed by atoms with Crippen molar-refractivity contribution in [3.8, 4) is 0 Å². The molecule has 1 fully saturated rings. The van der Waals surface area contributed by atoms with Crippen molar-refractivity contribution in [1.29, 1.82) is 0 Å². The molecule has 82 valence electrons. The van der Waals surface area contributed by atoms with Gasteiger partial charge in [0.15, 0.2) is 0 Å². The van der Waals surface area contributed by atoms with Crippen LogP contribution < -0.4 is 0 Å². The smallest absolute Gasteiger partial charge is 0.138 e. The zero-order chi connectivity index (χ0) is 10.7. The highest BCUT2D eigenvalue weighted by Crippen LogP contribution is 2.14. The summed E-state index contributed by atoms with van der Waals surface area (Å²) in [6.07, 6.45) is 1.87. The average Bonchev–Trinajstić information content (AvgIpc) is 2.73. The lowest BCUT2D eigenvalue weighted by atomic mass is 9.98. The van der Waals surface area contributed by atoms with E-state index in [1.165, 1.54) is 4.88 Å². The maximum Gasteiger partial charge on any atom is 0.138 e. The van der Waals surface area contributed by atoms with Gasteiger partial charge in [0.1, 0.15) is 5.78 Å². The number of piperidine rings is 1. The molecule has 15 heavy (non-hydrogen) atoms. The van der Waals surface area contributed by atoms with Crippen LogP contribution in [-0.2, 0) is 11.2 Å². The second-order valence-electron chi connectivity index (χ2n) is 4.25. The van der Waals surface area contributed by atoms with Crippen molar-refractivity contribution in [3.63, 3.8) is 0 Å². The summed E-state index contributed by atoms with van der Waals surface area (Å²) >= 11 is 1.82. The molecule has 1 aliphatic heterocycles. The number of thiophene rings is 1. The standard InChI is InChI=1S/C12H17NOS/c1-10-9-13(7-5-12(10)14)6-4-11-3-2-8-15-11/h2-3,8,10H,4-7,9H2,1H3. The Hall–Kier alpha value is -0.670. The van der Waals surface area contributed by atoms with Crippen LogP contribution in [0, 0.1) is 5.92 Å². The zero-order valence-corrected chi connectivity index (χ0v) is 9.93. The first-order chi connectivity index (χ1) is 7.25. The lowest BCUT2D eigenvalue weighted by Crippen LogP contribution is -2.40. The summed E-state index contributed by atoms with van der Waals surface area (Å²) < 4.78 is 0. The molecule has 0 saturated carbocycles. The van der Waals surface area contributed by atoms with Crippen molar-refractivity contribution >= 4 is 17.1 Å². The van der Waals surface area contributed by atoms with E-state index in [0.717, 1.165) is 32.5 Å². The summed E-state index contributed by atoms with van der Waals surface area (Å²) in [6.45, 7) is 5.04. The Kier molecular flexibility index (Phi) is 3.54. The van der Waals surface area contributed by atoms with Gasteiger partial charge in [-0.2, -0.15) is 0 Å². The van der Waals surface area contributed by atoms with Gasteiger partial charge in [0.25, 0.3) is 0 Å². The molecule has 0 bridgehead atoms. The van der Waals surface area contributed by atoms with E-state index in [0.29, 0.717) is 5.78 Å². The fourth-order valence-corrected chi connectivity index (χ4v) is 2.72. The molecule has 1 saturated heterocycles. The van der Waals surface area contributed by atoms with Crippen molar-refractivity contribution in [1.82, 2.24) is 4.90 Å². The van der Waals surface area contributed by atoms with Crippen LogP contribution >= 0.6 is 11.3 Å². The van der Waals surface area contributed by atoms with E-state index >= 15 is 0 Å². The minimum absolute atomic E-state index is 0.238. The number of ketones is 1. The third-order valence-corrected chi connectivity index (χ3v) is 3.95. The molecule has 2 rings (SSSR count). The van der Waals surface area contributed by atoms with Crippen molar-refractivity contribution in [3.05, 3.63) is 22.4 Å². The van der Waals surface area contributed by atoms with Gasteiger partial charge in [0, 0.05) is 36.9 Å². The molecule has 1 atom stereocenters. The van der Waals surface area contributed by atoms with Crippen LogP contribution in [0.25, 0.3) is 0 Å². The van der Waals surface area contributed by atoms with Crippen molar-refractivity contribution in [2.24, 2.45) is 5.92 Å². The van der Waals surface area contributed by atoms with E-state index in [1.807, 2.05) is 18.3 Å². The maximum atomic E-state index is 11.3. The predicted molar refractivity (Wildman–Crippen MR) is 63.3 cm³/mol. The SMILES string of the molecule is CC1CN(CCc2cccs2)CCC1=O. The lowest BCUT2D eigenvalue weighted by Gasteiger charge is -2.29. The molecule has 0 aliphatic carbocycles. The van der Waals surface area contributed by atoms with Crippen LogP contribution in [-0.4, -0.2) is 30.3 Å². The summed E-state index contributed by atoms with van der Waals surface area (Å²) in [5.41, 5.74) is 0. The Morgan fingerprint density at radius 1 is 1.60 bits per heavy atom. The molecule has 0 amide bonds. The van der Waals surface area contributed by atoms with Gasteiger partial charge < -0.3 is 4.90 Å². The van der Waals surface area contributed by atoms with Crippen LogP contribution in [0.4, 0.5) is 0 Å². The van der Waals surface area contributed by atoms with E-state index in [-0.39, 0.29) is 5.92 Å². The fraction of sp³-hybridized carbons (Fsp3) is 0.583. The van der Waals surface area contributed by atoms with Crippen molar-refractivity contribution in [2.75, 3.05) is 19.6 Å². The molecular weight excluding hydrogens is 206 g/mol. The summed E-state index contributed by atoms with van der Waals surface area (Å²) in [4.78, 5) is 15.2. The van der Waals surface area contributed by atoms with Crippen LogP contribution in [0.5, 0.6) is 0 Å². The van der Waals surface area contributed by atoms with Crippen LogP contribution in [0.3, 0.4) is 0 Å². The Bertz CT molecular complexity index is 320. The van der Waals surface area contributed by atoms with E-state index in [4.69, 9.17) is 0 Å². The van der Waals surface area contributed by atoms with E-state index in [1.54, 1.807) is 0 Å². The molecule has 0 radical (unpaired) electrons. The number of hydrogen-bond donors (Lipinski definition) is 0. The monoisotopic (exact) mass is 223 g/mol. The van der Waals surface area contributed by atoms with E-state index in [9.17, 15) is 4.79 Å². The highest BCUT2D eigenvalue weighted by atomic mass is 32.1. The summed E-state index contributed by atoms with van der Waals surface area (Å²) in [6, 6.07) is 4.28. The lowest BCUT2D eigenvalue weighted by molar-refractivity contribution is -0.125. The third-order valence-electron chi connectivity index (χ3n) is 3.01. The van der Waals surface area contributed by atoms with Gasteiger partial charge in [-0.15, -0.1) is 11.3 Å². The van der Waals surface area contributed by atoms with Gasteiger partial charge in [0.2, 0.25) is 0 Å². The quantitative estimate of drug-likeness (QED) is 0.783. The Morgan fingerprint density at radius 3 is 3.13 bits per heavy atom. The zero-order valence-electron chi connectivity index (χ0n) is 9.11. The Labute approximate surface area is 94.9 Å². The number of nitrogens with zero attached hydrogens (tertiary/aromatic N) is 1. The maximum absolute atomic E-state index is 11.3. The van der Waals surface area contributed by atoms with Crippen molar-refractivity contribution in [2.45, 2.75) is 19.8 Å². The predicted octanol–water partition coefficient (Wildman–Crippen LogP) is 2.20. The number of carbonyl (C=O) groups excluding carboxylic acids is 1. The highest BCUT2D eigenvalue weighted by Gasteiger charge is 2.22. The number of carbonyl (C=O) groups is 1. The molecule has 1 unspecified atom stereocenters. The van der Waals surface area contributed by atoms with Gasteiger partial charge in [0.05, 0.1) is 0 Å². The normalized spacial score (nSPS) is 23.3. The molecule has 0 aromatic carbocycles. The third kappa shape index (κ3) is 2.89. The number of rotatable bonds is 3. The highest BCUT2D eigenvalue weighted by molar-refractivity contribution is 7.09. The average molecular weight is 223 g/mol. The minimum Gasteiger partial charge on any atom is -0.302 e. The summed E-state index contributed by atoms with van der Waals surface area (Å²) in [7, 11) is 0. The number of likely N-dealkylation sites (tertiary alicyclic amines) is 1. The van der Waals surface area contributed by atoms with Crippen LogP contribution in [0.2, 0.25) is 0 Å². The van der Waals surface area contributed by atoms with Crippen LogP contribution in [0.15, 0.2) is 17.5 Å². The first-order valence-corrected chi connectivity index (χ1v) is 6.41. The van der Waals surface area contributed by atoms with Gasteiger partial charge in [-0.3, -0.25) is 4.79 Å². The topological polar surface area (TPSA) is 20.3 Å². The van der Waals surface area contributed by atoms with E-state index < -0.39 is 0 Å². The molecule has 1 aromatic rings. The summed E-state index contributed by atoms with van der Waals surface area (Å²) in [5, 5.41) is 2.12. The molecule has 0 N–H and O–H groups in total. The van der Waals surface area contributed by atoms with Gasteiger partial charge >= 0.3 is 0 Å². The van der Waals surface area contributed by atoms with Crippen molar-refractivity contribution < 1.29 is 4.79 Å². The second-order valence-corrected chi connectivity index (χ2v) is 5.28. The molecule has 1 aromatic heterocycles. The minimum atomic E-state index is 0.238. The van der Waals surface area contributed by atoms with E-state index in [2.05, 4.69) is 22.4 Å². The van der Waals surface area contributed by atoms with Crippen LogP contribution in [0.1, 0.15) is 18.2 Å². The first-order valence-electron chi connectivity index (χ1n) is 5.53. The molecule has 3 heteroatoms. The Morgan fingerprint density at radius 2 is 2.47 bits per heavy atom. The van der Waals surface area contributed by atoms with Gasteiger partial charge in [-0.25, -0.2) is 0 Å². The summed E-state index contributed by atoms with van der Waals surface area (Å²) in [5.74, 6) is 0.671. The van der Waals surface area contributed by atoms with Gasteiger partial charge in [-0.1, -0.05) is 13.0 Å². The number of hydrogen-bond acceptors (Lipinski definition) is 3. The fourth-order valence-electron chi connectivity index (χ4n) is 2.02. The molecular formula is C12H17NOS. The second kappa shape index (κ2) is 4.90.